The molecular weight excluding hydrogens is 208 g/mol. The van der Waals surface area contributed by atoms with E-state index in [0.29, 0.717) is 6.04 Å². The van der Waals surface area contributed by atoms with Crippen LogP contribution in [0.1, 0.15) is 36.9 Å². The third kappa shape index (κ3) is 3.55. The monoisotopic (exact) mass is 232 g/mol. The maximum Gasteiger partial charge on any atom is 0.0294 e. The summed E-state index contributed by atoms with van der Waals surface area (Å²) in [5.74, 6) is 0.850. The minimum atomic E-state index is 0.464. The fourth-order valence-electron chi connectivity index (χ4n) is 2.61. The zero-order valence-electron chi connectivity index (χ0n) is 11.0. The minimum Gasteiger partial charge on any atom is -0.317 e. The fourth-order valence-corrected chi connectivity index (χ4v) is 2.61. The molecule has 0 bridgehead atoms. The lowest BCUT2D eigenvalue weighted by Crippen LogP contribution is -2.34. The quantitative estimate of drug-likeness (QED) is 0.834. The van der Waals surface area contributed by atoms with E-state index in [-0.39, 0.29) is 0 Å². The van der Waals surface area contributed by atoms with Crippen LogP contribution in [0.5, 0.6) is 0 Å². The van der Waals surface area contributed by atoms with Crippen molar-refractivity contribution < 1.29 is 0 Å². The normalized spacial score (nSPS) is 19.2. The molecule has 0 aromatic heterocycles. The highest BCUT2D eigenvalue weighted by Gasteiger charge is 2.14. The summed E-state index contributed by atoms with van der Waals surface area (Å²) in [6.45, 7) is 7.98. The molecule has 0 aliphatic carbocycles. The van der Waals surface area contributed by atoms with Gasteiger partial charge in [0.15, 0.2) is 0 Å². The van der Waals surface area contributed by atoms with Crippen LogP contribution >= 0.6 is 0 Å². The third-order valence-electron chi connectivity index (χ3n) is 3.83. The smallest absolute Gasteiger partial charge is 0.0294 e. The Bertz CT molecular complexity index is 343. The van der Waals surface area contributed by atoms with E-state index >= 15 is 0 Å². The molecule has 1 aromatic carbocycles. The molecule has 94 valence electrons. The molecule has 1 atom stereocenters. The molecule has 0 amide bonds. The van der Waals surface area contributed by atoms with E-state index in [9.17, 15) is 0 Å². The predicted molar refractivity (Wildman–Crippen MR) is 73.2 cm³/mol. The minimum absolute atomic E-state index is 0.464. The van der Waals surface area contributed by atoms with Crippen LogP contribution in [0.2, 0.25) is 0 Å². The van der Waals surface area contributed by atoms with Crippen LogP contribution in [0.4, 0.5) is 0 Å². The van der Waals surface area contributed by atoms with Gasteiger partial charge in [-0.1, -0.05) is 24.3 Å². The highest BCUT2D eigenvalue weighted by Crippen LogP contribution is 2.18. The van der Waals surface area contributed by atoms with E-state index < -0.39 is 0 Å². The van der Waals surface area contributed by atoms with Gasteiger partial charge in [-0.15, -0.1) is 0 Å². The molecule has 1 fully saturated rings. The summed E-state index contributed by atoms with van der Waals surface area (Å²) in [5.41, 5.74) is 2.82. The number of rotatable bonds is 4. The van der Waals surface area contributed by atoms with Gasteiger partial charge in [-0.25, -0.2) is 0 Å². The van der Waals surface area contributed by atoms with Crippen molar-refractivity contribution in [2.75, 3.05) is 19.6 Å². The van der Waals surface area contributed by atoms with Crippen LogP contribution in [0, 0.1) is 12.8 Å². The van der Waals surface area contributed by atoms with Crippen molar-refractivity contribution in [3.05, 3.63) is 35.4 Å². The summed E-state index contributed by atoms with van der Waals surface area (Å²) in [7, 11) is 0. The fraction of sp³-hybridized carbons (Fsp3) is 0.600. The molecule has 0 unspecified atom stereocenters. The van der Waals surface area contributed by atoms with Crippen molar-refractivity contribution in [3.63, 3.8) is 0 Å². The van der Waals surface area contributed by atoms with Crippen LogP contribution < -0.4 is 10.6 Å². The van der Waals surface area contributed by atoms with Gasteiger partial charge < -0.3 is 10.6 Å². The Kier molecular flexibility index (Phi) is 4.57. The van der Waals surface area contributed by atoms with Crippen molar-refractivity contribution in [1.29, 1.82) is 0 Å². The number of benzene rings is 1. The molecule has 0 saturated carbocycles. The average Bonchev–Trinajstić information content (AvgIpc) is 2.38. The molecule has 1 heterocycles. The van der Waals surface area contributed by atoms with Gasteiger partial charge in [0.25, 0.3) is 0 Å². The number of hydrogen-bond acceptors (Lipinski definition) is 2. The second-order valence-electron chi connectivity index (χ2n) is 5.18. The zero-order chi connectivity index (χ0) is 12.1. The first-order valence-corrected chi connectivity index (χ1v) is 6.77. The van der Waals surface area contributed by atoms with Crippen LogP contribution in [0.15, 0.2) is 24.3 Å². The van der Waals surface area contributed by atoms with Crippen LogP contribution in [-0.2, 0) is 0 Å². The Balaban J connectivity index is 1.84. The Morgan fingerprint density at radius 1 is 1.29 bits per heavy atom. The largest absolute Gasteiger partial charge is 0.317 e. The Morgan fingerprint density at radius 2 is 2.00 bits per heavy atom. The average molecular weight is 232 g/mol. The molecule has 1 aliphatic heterocycles. The summed E-state index contributed by atoms with van der Waals surface area (Å²) in [5, 5.41) is 7.10. The maximum absolute atomic E-state index is 3.68. The Hall–Kier alpha value is -0.860. The molecule has 1 aliphatic rings. The van der Waals surface area contributed by atoms with Crippen LogP contribution in [0.3, 0.4) is 0 Å². The first-order chi connectivity index (χ1) is 8.27. The maximum atomic E-state index is 3.68. The van der Waals surface area contributed by atoms with Gasteiger partial charge in [0, 0.05) is 6.04 Å². The molecule has 1 aromatic rings. The van der Waals surface area contributed by atoms with E-state index in [1.165, 1.54) is 37.1 Å². The zero-order valence-corrected chi connectivity index (χ0v) is 11.0. The Labute approximate surface area is 105 Å². The van der Waals surface area contributed by atoms with E-state index in [1.807, 2.05) is 0 Å². The third-order valence-corrected chi connectivity index (χ3v) is 3.83. The van der Waals surface area contributed by atoms with Gasteiger partial charge in [0.1, 0.15) is 0 Å². The van der Waals surface area contributed by atoms with Gasteiger partial charge >= 0.3 is 0 Å². The van der Waals surface area contributed by atoms with Gasteiger partial charge in [-0.05, 0) is 63.4 Å². The van der Waals surface area contributed by atoms with Gasteiger partial charge in [0.2, 0.25) is 0 Å². The number of piperidine rings is 1. The van der Waals surface area contributed by atoms with Crippen LogP contribution in [-0.4, -0.2) is 19.6 Å². The van der Waals surface area contributed by atoms with E-state index in [0.717, 1.165) is 12.5 Å². The van der Waals surface area contributed by atoms with Gasteiger partial charge in [-0.3, -0.25) is 0 Å². The SMILES string of the molecule is Cc1ccccc1[C@@H](C)NCC1CCNCC1. The number of nitrogens with one attached hydrogen (secondary N) is 2. The molecule has 17 heavy (non-hydrogen) atoms. The molecule has 2 nitrogen and oxygen atoms in total. The van der Waals surface area contributed by atoms with Crippen LogP contribution in [0.25, 0.3) is 0 Å². The lowest BCUT2D eigenvalue weighted by Gasteiger charge is -2.25. The van der Waals surface area contributed by atoms with E-state index in [2.05, 4.69) is 48.7 Å². The summed E-state index contributed by atoms with van der Waals surface area (Å²) in [6, 6.07) is 9.13. The second-order valence-corrected chi connectivity index (χ2v) is 5.18. The van der Waals surface area contributed by atoms with Crippen molar-refractivity contribution in [2.24, 2.45) is 5.92 Å². The number of aryl methyl sites for hydroxylation is 1. The first kappa shape index (κ1) is 12.6. The van der Waals surface area contributed by atoms with E-state index in [4.69, 9.17) is 0 Å². The molecule has 2 N–H and O–H groups in total. The highest BCUT2D eigenvalue weighted by molar-refractivity contribution is 5.28. The molecule has 2 heteroatoms. The van der Waals surface area contributed by atoms with Gasteiger partial charge in [0.05, 0.1) is 0 Å². The summed E-state index contributed by atoms with van der Waals surface area (Å²) in [4.78, 5) is 0. The molecule has 2 rings (SSSR count). The summed E-state index contributed by atoms with van der Waals surface area (Å²) < 4.78 is 0. The lowest BCUT2D eigenvalue weighted by atomic mass is 9.97. The standard InChI is InChI=1S/C15H24N2/c1-12-5-3-4-6-15(12)13(2)17-11-14-7-9-16-10-8-14/h3-6,13-14,16-17H,7-11H2,1-2H3/t13-/m1/s1. The predicted octanol–water partition coefficient (Wildman–Crippen LogP) is 2.65. The topological polar surface area (TPSA) is 24.1 Å². The van der Waals surface area contributed by atoms with Crippen molar-refractivity contribution >= 4 is 0 Å². The van der Waals surface area contributed by atoms with Crippen molar-refractivity contribution in [3.8, 4) is 0 Å². The molecular formula is C15H24N2. The lowest BCUT2D eigenvalue weighted by molar-refractivity contribution is 0.344. The van der Waals surface area contributed by atoms with E-state index in [1.54, 1.807) is 0 Å². The summed E-state index contributed by atoms with van der Waals surface area (Å²) in [6.07, 6.45) is 2.63. The summed E-state index contributed by atoms with van der Waals surface area (Å²) >= 11 is 0. The molecule has 0 spiro atoms. The van der Waals surface area contributed by atoms with Crippen molar-refractivity contribution in [1.82, 2.24) is 10.6 Å². The molecule has 0 radical (unpaired) electrons. The molecule has 1 saturated heterocycles. The van der Waals surface area contributed by atoms with Gasteiger partial charge in [-0.2, -0.15) is 0 Å². The van der Waals surface area contributed by atoms with Crippen molar-refractivity contribution in [2.45, 2.75) is 32.7 Å². The number of hydrogen-bond donors (Lipinski definition) is 2. The Morgan fingerprint density at radius 3 is 2.71 bits per heavy atom. The second kappa shape index (κ2) is 6.18. The first-order valence-electron chi connectivity index (χ1n) is 6.77. The highest BCUT2D eigenvalue weighted by atomic mass is 14.9.